The van der Waals surface area contributed by atoms with Gasteiger partial charge in [-0.2, -0.15) is 0 Å². The van der Waals surface area contributed by atoms with Gasteiger partial charge in [0.2, 0.25) is 5.91 Å². The SMILES string of the molecule is CC(=O)c1cc(CC(=O)N2CC[C@@](c3ccccc3)(N(C)C)[C@H](O)C2)cs1. The number of carbonyl (C=O) groups excluding carboxylic acids is 2. The van der Waals surface area contributed by atoms with Crippen LogP contribution in [0.3, 0.4) is 0 Å². The zero-order valence-corrected chi connectivity index (χ0v) is 16.8. The van der Waals surface area contributed by atoms with E-state index in [9.17, 15) is 14.7 Å². The smallest absolute Gasteiger partial charge is 0.227 e. The van der Waals surface area contributed by atoms with Gasteiger partial charge in [0.25, 0.3) is 0 Å². The molecule has 3 rings (SSSR count). The summed E-state index contributed by atoms with van der Waals surface area (Å²) in [6.07, 6.45) is 0.249. The van der Waals surface area contributed by atoms with Gasteiger partial charge in [-0.15, -0.1) is 11.3 Å². The minimum absolute atomic E-state index is 0.0117. The molecule has 1 saturated heterocycles. The summed E-state index contributed by atoms with van der Waals surface area (Å²) in [5, 5.41) is 12.9. The molecule has 0 aliphatic carbocycles. The zero-order chi connectivity index (χ0) is 19.6. The van der Waals surface area contributed by atoms with Crippen molar-refractivity contribution in [2.24, 2.45) is 0 Å². The Morgan fingerprint density at radius 2 is 2.00 bits per heavy atom. The fourth-order valence-corrected chi connectivity index (χ4v) is 4.75. The van der Waals surface area contributed by atoms with E-state index in [1.807, 2.05) is 49.8 Å². The van der Waals surface area contributed by atoms with Gasteiger partial charge < -0.3 is 10.0 Å². The van der Waals surface area contributed by atoms with Gasteiger partial charge >= 0.3 is 0 Å². The van der Waals surface area contributed by atoms with Gasteiger partial charge in [-0.25, -0.2) is 0 Å². The van der Waals surface area contributed by atoms with Crippen LogP contribution in [0.1, 0.15) is 34.1 Å². The molecule has 1 amide bonds. The molecule has 2 atom stereocenters. The molecule has 1 fully saturated rings. The lowest BCUT2D eigenvalue weighted by Gasteiger charge is -2.49. The number of Topliss-reactive ketones (excluding diaryl/α,β-unsaturated/α-hetero) is 1. The molecule has 1 N–H and O–H groups in total. The number of rotatable bonds is 5. The minimum Gasteiger partial charge on any atom is -0.389 e. The normalized spacial score (nSPS) is 22.9. The standard InChI is InChI=1S/C21H26N2O3S/c1-15(24)18-11-16(14-27-18)12-20(26)23-10-9-21(22(2)3,19(25)13-23)17-7-5-4-6-8-17/h4-8,11,14,19,25H,9-10,12-13H2,1-3H3/t19-,21+/m1/s1. The van der Waals surface area contributed by atoms with Crippen LogP contribution in [0.5, 0.6) is 0 Å². The van der Waals surface area contributed by atoms with E-state index < -0.39 is 11.6 Å². The summed E-state index contributed by atoms with van der Waals surface area (Å²) in [6, 6.07) is 11.8. The van der Waals surface area contributed by atoms with E-state index >= 15 is 0 Å². The molecule has 1 aromatic heterocycles. The third-order valence-electron chi connectivity index (χ3n) is 5.49. The second kappa shape index (κ2) is 7.92. The summed E-state index contributed by atoms with van der Waals surface area (Å²) >= 11 is 1.37. The number of ketones is 1. The van der Waals surface area contributed by atoms with Gasteiger partial charge in [-0.3, -0.25) is 14.5 Å². The lowest BCUT2D eigenvalue weighted by molar-refractivity contribution is -0.140. The van der Waals surface area contributed by atoms with Crippen molar-refractivity contribution in [2.45, 2.75) is 31.4 Å². The van der Waals surface area contributed by atoms with Crippen LogP contribution in [0.25, 0.3) is 0 Å². The number of likely N-dealkylation sites (N-methyl/N-ethyl adjacent to an activating group) is 1. The summed E-state index contributed by atoms with van der Waals surface area (Å²) in [4.78, 5) is 28.6. The average molecular weight is 387 g/mol. The van der Waals surface area contributed by atoms with Gasteiger partial charge in [0.15, 0.2) is 5.78 Å². The van der Waals surface area contributed by atoms with Crippen LogP contribution >= 0.6 is 11.3 Å². The molecule has 1 aromatic carbocycles. The number of aliphatic hydroxyl groups is 1. The Labute approximate surface area is 164 Å². The van der Waals surface area contributed by atoms with Crippen molar-refractivity contribution in [2.75, 3.05) is 27.2 Å². The van der Waals surface area contributed by atoms with Crippen molar-refractivity contribution in [1.29, 1.82) is 0 Å². The average Bonchev–Trinajstić information content (AvgIpc) is 3.11. The topological polar surface area (TPSA) is 60.9 Å². The number of benzene rings is 1. The molecule has 1 aliphatic rings. The molecule has 0 saturated carbocycles. The second-order valence-electron chi connectivity index (χ2n) is 7.34. The number of carbonyl (C=O) groups is 2. The van der Waals surface area contributed by atoms with Crippen LogP contribution in [0.15, 0.2) is 41.8 Å². The van der Waals surface area contributed by atoms with Crippen molar-refractivity contribution in [3.63, 3.8) is 0 Å². The second-order valence-corrected chi connectivity index (χ2v) is 8.25. The summed E-state index contributed by atoms with van der Waals surface area (Å²) in [7, 11) is 3.95. The lowest BCUT2D eigenvalue weighted by atomic mass is 9.77. The number of β-amino-alcohol motifs (C(OH)–C–C–N with tert-alkyl or cyclic N) is 1. The van der Waals surface area contributed by atoms with Crippen molar-refractivity contribution >= 4 is 23.0 Å². The van der Waals surface area contributed by atoms with Crippen LogP contribution in [0.2, 0.25) is 0 Å². The van der Waals surface area contributed by atoms with Gasteiger partial charge in [0.05, 0.1) is 22.9 Å². The summed E-state index contributed by atoms with van der Waals surface area (Å²) < 4.78 is 0. The van der Waals surface area contributed by atoms with Crippen LogP contribution in [0, 0.1) is 0 Å². The van der Waals surface area contributed by atoms with Crippen LogP contribution < -0.4 is 0 Å². The molecule has 6 heteroatoms. The van der Waals surface area contributed by atoms with Gasteiger partial charge in [-0.05, 0) is 50.0 Å². The number of likely N-dealkylation sites (tertiary alicyclic amines) is 1. The van der Waals surface area contributed by atoms with Gasteiger partial charge in [0.1, 0.15) is 0 Å². The fraction of sp³-hybridized carbons (Fsp3) is 0.429. The van der Waals surface area contributed by atoms with E-state index in [0.717, 1.165) is 11.1 Å². The molecular weight excluding hydrogens is 360 g/mol. The number of amides is 1. The monoisotopic (exact) mass is 386 g/mol. The third kappa shape index (κ3) is 3.83. The maximum absolute atomic E-state index is 12.7. The predicted octanol–water partition coefficient (Wildman–Crippen LogP) is 2.54. The number of hydrogen-bond acceptors (Lipinski definition) is 5. The first-order valence-electron chi connectivity index (χ1n) is 9.11. The molecule has 5 nitrogen and oxygen atoms in total. The quantitative estimate of drug-likeness (QED) is 0.803. The first kappa shape index (κ1) is 19.7. The molecule has 2 heterocycles. The Hall–Kier alpha value is -2.02. The van der Waals surface area contributed by atoms with Crippen LogP contribution in [-0.2, 0) is 16.8 Å². The van der Waals surface area contributed by atoms with Crippen LogP contribution in [0.4, 0.5) is 0 Å². The minimum atomic E-state index is -0.678. The van der Waals surface area contributed by atoms with Crippen molar-refractivity contribution < 1.29 is 14.7 Å². The molecule has 0 bridgehead atoms. The highest BCUT2D eigenvalue weighted by molar-refractivity contribution is 7.12. The highest BCUT2D eigenvalue weighted by Gasteiger charge is 2.46. The van der Waals surface area contributed by atoms with Crippen molar-refractivity contribution in [3.8, 4) is 0 Å². The predicted molar refractivity (Wildman–Crippen MR) is 107 cm³/mol. The highest BCUT2D eigenvalue weighted by atomic mass is 32.1. The Balaban J connectivity index is 1.73. The first-order valence-corrected chi connectivity index (χ1v) is 9.99. The molecule has 0 unspecified atom stereocenters. The van der Waals surface area contributed by atoms with E-state index in [4.69, 9.17) is 0 Å². The number of aliphatic hydroxyl groups excluding tert-OH is 1. The molecule has 0 spiro atoms. The molecular formula is C21H26N2O3S. The van der Waals surface area contributed by atoms with Crippen molar-refractivity contribution in [1.82, 2.24) is 9.80 Å². The highest BCUT2D eigenvalue weighted by Crippen LogP contribution is 2.37. The van der Waals surface area contributed by atoms with Crippen LogP contribution in [-0.4, -0.2) is 59.9 Å². The Morgan fingerprint density at radius 3 is 2.56 bits per heavy atom. The summed E-state index contributed by atoms with van der Waals surface area (Å²) in [6.45, 7) is 2.42. The fourth-order valence-electron chi connectivity index (χ4n) is 3.93. The van der Waals surface area contributed by atoms with E-state index in [1.165, 1.54) is 18.3 Å². The molecule has 2 aromatic rings. The van der Waals surface area contributed by atoms with E-state index in [-0.39, 0.29) is 18.1 Å². The lowest BCUT2D eigenvalue weighted by Crippen LogP contribution is -2.61. The maximum Gasteiger partial charge on any atom is 0.227 e. The van der Waals surface area contributed by atoms with E-state index in [2.05, 4.69) is 4.90 Å². The molecule has 144 valence electrons. The van der Waals surface area contributed by atoms with E-state index in [0.29, 0.717) is 24.4 Å². The summed E-state index contributed by atoms with van der Waals surface area (Å²) in [5.74, 6) is 0.00749. The first-order chi connectivity index (χ1) is 12.8. The number of thiophene rings is 1. The number of nitrogens with zero attached hydrogens (tertiary/aromatic N) is 2. The van der Waals surface area contributed by atoms with Gasteiger partial charge in [0, 0.05) is 13.1 Å². The maximum atomic E-state index is 12.7. The Morgan fingerprint density at radius 1 is 1.30 bits per heavy atom. The third-order valence-corrected chi connectivity index (χ3v) is 6.57. The zero-order valence-electron chi connectivity index (χ0n) is 16.0. The summed E-state index contributed by atoms with van der Waals surface area (Å²) in [5.41, 5.74) is 1.43. The Kier molecular flexibility index (Phi) is 5.79. The number of piperidine rings is 1. The molecule has 0 radical (unpaired) electrons. The van der Waals surface area contributed by atoms with Crippen molar-refractivity contribution in [3.05, 3.63) is 57.8 Å². The van der Waals surface area contributed by atoms with E-state index in [1.54, 1.807) is 11.0 Å². The largest absolute Gasteiger partial charge is 0.389 e. The molecule has 27 heavy (non-hydrogen) atoms. The number of hydrogen-bond donors (Lipinski definition) is 1. The molecule has 1 aliphatic heterocycles. The van der Waals surface area contributed by atoms with Gasteiger partial charge in [-0.1, -0.05) is 30.3 Å². The Bertz CT molecular complexity index is 818.